The van der Waals surface area contributed by atoms with Crippen LogP contribution in [0.25, 0.3) is 0 Å². The highest BCUT2D eigenvalue weighted by molar-refractivity contribution is 5.81. The Bertz CT molecular complexity index is 1020. The van der Waals surface area contributed by atoms with Crippen molar-refractivity contribution in [2.24, 2.45) is 10.8 Å². The van der Waals surface area contributed by atoms with E-state index < -0.39 is 47.0 Å². The van der Waals surface area contributed by atoms with Crippen molar-refractivity contribution in [1.29, 1.82) is 0 Å². The molecule has 1 aromatic carbocycles. The van der Waals surface area contributed by atoms with Crippen LogP contribution in [0.3, 0.4) is 0 Å². The van der Waals surface area contributed by atoms with E-state index in [9.17, 15) is 24.3 Å². The maximum Gasteiger partial charge on any atom is 0.508 e. The molecule has 3 atom stereocenters. The fourth-order valence-electron chi connectivity index (χ4n) is 3.26. The Morgan fingerprint density at radius 3 is 1.88 bits per heavy atom. The van der Waals surface area contributed by atoms with Crippen LogP contribution in [0.1, 0.15) is 93.6 Å². The van der Waals surface area contributed by atoms with Crippen LogP contribution >= 0.6 is 0 Å². The molecule has 0 amide bonds. The zero-order chi connectivity index (χ0) is 30.7. The molecule has 0 aliphatic heterocycles. The molecule has 226 valence electrons. The van der Waals surface area contributed by atoms with Crippen molar-refractivity contribution in [2.45, 2.75) is 113 Å². The summed E-state index contributed by atoms with van der Waals surface area (Å²) in [4.78, 5) is 49.5. The van der Waals surface area contributed by atoms with Gasteiger partial charge in [0.1, 0.15) is 18.2 Å². The molecule has 40 heavy (non-hydrogen) atoms. The van der Waals surface area contributed by atoms with Crippen molar-refractivity contribution in [3.63, 3.8) is 0 Å². The average Bonchev–Trinajstić information content (AvgIpc) is 2.87. The molecule has 0 aromatic heterocycles. The Morgan fingerprint density at radius 2 is 1.38 bits per heavy atom. The molecule has 0 saturated heterocycles. The number of aliphatic carboxylic acids is 1. The number of ether oxygens (including phenoxy) is 4. The quantitative estimate of drug-likeness (QED) is 0.190. The second-order valence-electron chi connectivity index (χ2n) is 11.4. The molecule has 0 spiro atoms. The van der Waals surface area contributed by atoms with Crippen LogP contribution < -0.4 is 14.8 Å². The van der Waals surface area contributed by atoms with E-state index in [1.807, 2.05) is 20.8 Å². The van der Waals surface area contributed by atoms with Crippen LogP contribution in [0, 0.1) is 10.8 Å². The molecule has 10 heteroatoms. The SMILES string of the molecule is CCCC(C)OC(=O)OC(C)CN[C@@H](Cc1ccc(OC(=O)C(C)(C)CC)c(OC(=O)C(C)(C)CC)c1)C(=O)O. The van der Waals surface area contributed by atoms with Gasteiger partial charge in [0.25, 0.3) is 0 Å². The Morgan fingerprint density at radius 1 is 0.850 bits per heavy atom. The predicted octanol–water partition coefficient (Wildman–Crippen LogP) is 5.69. The van der Waals surface area contributed by atoms with Gasteiger partial charge in [0.2, 0.25) is 0 Å². The minimum atomic E-state index is -1.11. The van der Waals surface area contributed by atoms with E-state index in [0.717, 1.165) is 6.42 Å². The van der Waals surface area contributed by atoms with E-state index in [1.54, 1.807) is 47.6 Å². The van der Waals surface area contributed by atoms with Crippen molar-refractivity contribution >= 4 is 24.1 Å². The summed E-state index contributed by atoms with van der Waals surface area (Å²) in [5.74, 6) is -1.98. The number of carbonyl (C=O) groups excluding carboxylic acids is 3. The molecule has 0 aliphatic carbocycles. The monoisotopic (exact) mass is 565 g/mol. The minimum Gasteiger partial charge on any atom is -0.480 e. The Labute approximate surface area is 238 Å². The van der Waals surface area contributed by atoms with Crippen molar-refractivity contribution in [2.75, 3.05) is 6.54 Å². The average molecular weight is 566 g/mol. The number of benzene rings is 1. The number of esters is 2. The topological polar surface area (TPSA) is 137 Å². The summed E-state index contributed by atoms with van der Waals surface area (Å²) >= 11 is 0. The molecule has 0 radical (unpaired) electrons. The molecular formula is C30H47NO9. The van der Waals surface area contributed by atoms with Gasteiger partial charge in [0, 0.05) is 6.54 Å². The predicted molar refractivity (Wildman–Crippen MR) is 150 cm³/mol. The van der Waals surface area contributed by atoms with E-state index in [-0.39, 0.29) is 30.6 Å². The molecule has 0 heterocycles. The van der Waals surface area contributed by atoms with E-state index >= 15 is 0 Å². The lowest BCUT2D eigenvalue weighted by atomic mass is 9.90. The van der Waals surface area contributed by atoms with Crippen LogP contribution in [0.5, 0.6) is 11.5 Å². The van der Waals surface area contributed by atoms with Gasteiger partial charge >= 0.3 is 24.1 Å². The molecule has 2 unspecified atom stereocenters. The van der Waals surface area contributed by atoms with Gasteiger partial charge < -0.3 is 29.4 Å². The van der Waals surface area contributed by atoms with Crippen LogP contribution in [0.4, 0.5) is 4.79 Å². The van der Waals surface area contributed by atoms with E-state index in [4.69, 9.17) is 18.9 Å². The van der Waals surface area contributed by atoms with Gasteiger partial charge in [0.05, 0.1) is 10.8 Å². The third-order valence-corrected chi connectivity index (χ3v) is 6.97. The summed E-state index contributed by atoms with van der Waals surface area (Å²) in [5, 5.41) is 12.7. The van der Waals surface area contributed by atoms with Gasteiger partial charge in [-0.25, -0.2) is 4.79 Å². The molecule has 0 saturated carbocycles. The van der Waals surface area contributed by atoms with Gasteiger partial charge in [-0.05, 0) is 84.9 Å². The first-order valence-corrected chi connectivity index (χ1v) is 14.0. The number of nitrogens with one attached hydrogen (secondary N) is 1. The van der Waals surface area contributed by atoms with Crippen LogP contribution in [-0.4, -0.2) is 54.0 Å². The summed E-state index contributed by atoms with van der Waals surface area (Å²) in [7, 11) is 0. The zero-order valence-electron chi connectivity index (χ0n) is 25.4. The third kappa shape index (κ3) is 11.2. The van der Waals surface area contributed by atoms with Gasteiger partial charge in [-0.15, -0.1) is 0 Å². The largest absolute Gasteiger partial charge is 0.508 e. The Hall–Kier alpha value is -3.14. The first-order chi connectivity index (χ1) is 18.6. The molecule has 2 N–H and O–H groups in total. The number of carbonyl (C=O) groups is 4. The number of carboxylic acid groups (broad SMARTS) is 1. The normalized spacial score (nSPS) is 14.0. The lowest BCUT2D eigenvalue weighted by molar-refractivity contribution is -0.147. The smallest absolute Gasteiger partial charge is 0.480 e. The zero-order valence-corrected chi connectivity index (χ0v) is 25.4. The molecule has 0 bridgehead atoms. The van der Waals surface area contributed by atoms with Crippen molar-refractivity contribution in [3.8, 4) is 11.5 Å². The highest BCUT2D eigenvalue weighted by atomic mass is 16.7. The summed E-state index contributed by atoms with van der Waals surface area (Å²) in [5.41, 5.74) is -0.996. The fourth-order valence-corrected chi connectivity index (χ4v) is 3.26. The highest BCUT2D eigenvalue weighted by Crippen LogP contribution is 2.34. The maximum atomic E-state index is 12.8. The maximum absolute atomic E-state index is 12.8. The van der Waals surface area contributed by atoms with Gasteiger partial charge in [-0.3, -0.25) is 14.4 Å². The number of rotatable bonds is 16. The second-order valence-corrected chi connectivity index (χ2v) is 11.4. The molecule has 1 rings (SSSR count). The van der Waals surface area contributed by atoms with Crippen LogP contribution in [-0.2, 0) is 30.3 Å². The Balaban J connectivity index is 3.08. The lowest BCUT2D eigenvalue weighted by Crippen LogP contribution is -2.42. The van der Waals surface area contributed by atoms with Crippen molar-refractivity contribution < 1.29 is 43.2 Å². The standard InChI is InChI=1S/C30H47NO9/c1-10-13-19(4)37-28(36)38-20(5)18-31-22(25(32)33)16-21-14-15-23(39-26(34)29(6,7)11-2)24(17-21)40-27(35)30(8,9)12-3/h14-15,17,19-20,22,31H,10-13,16,18H2,1-9H3,(H,32,33)/t19?,20?,22-/m0/s1. The molecule has 0 fully saturated rings. The number of hydrogen-bond donors (Lipinski definition) is 2. The fraction of sp³-hybridized carbons (Fsp3) is 0.667. The van der Waals surface area contributed by atoms with E-state index in [0.29, 0.717) is 24.8 Å². The first-order valence-electron chi connectivity index (χ1n) is 14.0. The number of hydrogen-bond acceptors (Lipinski definition) is 9. The number of carboxylic acids is 1. The summed E-state index contributed by atoms with van der Waals surface area (Å²) in [6, 6.07) is 3.59. The van der Waals surface area contributed by atoms with E-state index in [1.165, 1.54) is 12.1 Å². The molecular weight excluding hydrogens is 518 g/mol. The summed E-state index contributed by atoms with van der Waals surface area (Å²) in [6.45, 7) is 16.2. The lowest BCUT2D eigenvalue weighted by Gasteiger charge is -2.24. The molecule has 1 aromatic rings. The van der Waals surface area contributed by atoms with Gasteiger partial charge in [0.15, 0.2) is 11.5 Å². The minimum absolute atomic E-state index is 0.0242. The van der Waals surface area contributed by atoms with E-state index in [2.05, 4.69) is 5.32 Å². The highest BCUT2D eigenvalue weighted by Gasteiger charge is 2.32. The Kier molecular flexibility index (Phi) is 13.6. The molecule has 0 aliphatic rings. The first kappa shape index (κ1) is 34.9. The van der Waals surface area contributed by atoms with Crippen molar-refractivity contribution in [1.82, 2.24) is 5.32 Å². The molecule has 10 nitrogen and oxygen atoms in total. The third-order valence-electron chi connectivity index (χ3n) is 6.97. The summed E-state index contributed by atoms with van der Waals surface area (Å²) in [6.07, 6.45) is 0.959. The van der Waals surface area contributed by atoms with Gasteiger partial charge in [-0.1, -0.05) is 33.3 Å². The van der Waals surface area contributed by atoms with Gasteiger partial charge in [-0.2, -0.15) is 0 Å². The van der Waals surface area contributed by atoms with Crippen molar-refractivity contribution in [3.05, 3.63) is 23.8 Å². The second kappa shape index (κ2) is 15.6. The summed E-state index contributed by atoms with van der Waals surface area (Å²) < 4.78 is 21.7. The van der Waals surface area contributed by atoms with Crippen LogP contribution in [0.15, 0.2) is 18.2 Å². The van der Waals surface area contributed by atoms with Crippen LogP contribution in [0.2, 0.25) is 0 Å².